The number of carboxylic acids is 1. The fourth-order valence-electron chi connectivity index (χ4n) is 3.21. The molecular weight excluding hydrogens is 479 g/mol. The van der Waals surface area contributed by atoms with Crippen LogP contribution in [0.2, 0.25) is 0 Å². The Balaban J connectivity index is -0.00000137. The van der Waals surface area contributed by atoms with Crippen molar-refractivity contribution in [3.05, 3.63) is 0 Å². The normalized spacial score (nSPS) is 10.9. The Kier molecular flexibility index (Phi) is 33.2. The Bertz CT molecular complexity index is 556. The topological polar surface area (TPSA) is 128 Å². The van der Waals surface area contributed by atoms with E-state index >= 15 is 0 Å². The van der Waals surface area contributed by atoms with E-state index in [2.05, 4.69) is 11.7 Å². The number of Topliss-reactive ketones (excluding diaryl/α,β-unsaturated/α-hetero) is 1. The van der Waals surface area contributed by atoms with Gasteiger partial charge in [0.2, 0.25) is 0 Å². The van der Waals surface area contributed by atoms with Crippen molar-refractivity contribution in [3.63, 3.8) is 0 Å². The molecule has 0 saturated carbocycles. The second-order valence-corrected chi connectivity index (χ2v) is 8.45. The maximum atomic E-state index is 12.1. The Hall–Kier alpha value is -1.00. The summed E-state index contributed by atoms with van der Waals surface area (Å²) in [4.78, 5) is 45.3. The molecule has 0 aromatic carbocycles. The van der Waals surface area contributed by atoms with Crippen LogP contribution in [0.3, 0.4) is 0 Å². The Morgan fingerprint density at radius 1 is 0.667 bits per heavy atom. The number of hydrogen-bond acceptors (Lipinski definition) is 9. The average molecular weight is 527 g/mol. The van der Waals surface area contributed by atoms with E-state index in [1.165, 1.54) is 59.2 Å². The molecule has 0 saturated heterocycles. The van der Waals surface area contributed by atoms with Crippen molar-refractivity contribution >= 4 is 23.7 Å². The number of hydrogen-bond donors (Lipinski definition) is 0. The summed E-state index contributed by atoms with van der Waals surface area (Å²) < 4.78 is 19.3. The molecule has 1 unspecified atom stereocenters. The molecular formula is C26H47NaO9. The summed E-state index contributed by atoms with van der Waals surface area (Å²) in [6.07, 6.45) is 12.6. The van der Waals surface area contributed by atoms with Gasteiger partial charge < -0.3 is 28.8 Å². The van der Waals surface area contributed by atoms with E-state index in [4.69, 9.17) is 14.2 Å². The third kappa shape index (κ3) is 29.2. The number of methoxy groups -OCH3 is 2. The maximum absolute atomic E-state index is 12.1. The molecule has 0 amide bonds. The predicted octanol–water partition coefficient (Wildman–Crippen LogP) is 0.402. The molecule has 0 bridgehead atoms. The molecule has 0 aliphatic heterocycles. The Morgan fingerprint density at radius 2 is 1.19 bits per heavy atom. The molecule has 0 radical (unpaired) electrons. The zero-order valence-corrected chi connectivity index (χ0v) is 25.3. The monoisotopic (exact) mass is 526 g/mol. The minimum atomic E-state index is -1.18. The summed E-state index contributed by atoms with van der Waals surface area (Å²) in [6, 6.07) is 0. The largest absolute Gasteiger partial charge is 1.00 e. The molecule has 0 N–H and O–H groups in total. The summed E-state index contributed by atoms with van der Waals surface area (Å²) in [5.41, 5.74) is 0. The van der Waals surface area contributed by atoms with Gasteiger partial charge in [0.15, 0.2) is 5.78 Å². The van der Waals surface area contributed by atoms with Gasteiger partial charge in [0.05, 0.1) is 38.1 Å². The van der Waals surface area contributed by atoms with E-state index in [0.717, 1.165) is 19.3 Å². The van der Waals surface area contributed by atoms with Crippen molar-refractivity contribution in [3.8, 4) is 0 Å². The number of ketones is 1. The molecule has 0 rings (SSSR count). The van der Waals surface area contributed by atoms with Crippen LogP contribution in [-0.4, -0.2) is 64.3 Å². The molecule has 0 heterocycles. The molecule has 36 heavy (non-hydrogen) atoms. The van der Waals surface area contributed by atoms with Gasteiger partial charge in [-0.15, -0.1) is 0 Å². The van der Waals surface area contributed by atoms with Gasteiger partial charge >= 0.3 is 41.5 Å². The van der Waals surface area contributed by atoms with Crippen LogP contribution in [0.1, 0.15) is 97.3 Å². The van der Waals surface area contributed by atoms with Crippen molar-refractivity contribution < 1.29 is 72.8 Å². The zero-order chi connectivity index (χ0) is 26.7. The van der Waals surface area contributed by atoms with Crippen molar-refractivity contribution in [2.45, 2.75) is 97.3 Å². The standard InChI is InChI=1S/C23H42O6.C3H6O3.Na/c1-4-6-7-8-9-10-11-12-13-14-16-28-22(25)18-20(17-21(24)19-27-3)23(26)29-15-5-2;1-6-2-3(4)5;/h20H,4-19H2,1-3H3;2H2,1H3,(H,4,5);/q;;+1/p-1. The fraction of sp³-hybridized carbons (Fsp3) is 0.846. The number of ether oxygens (including phenoxy) is 4. The van der Waals surface area contributed by atoms with Crippen LogP contribution in [0.25, 0.3) is 0 Å². The number of carboxylic acid groups (broad SMARTS) is 1. The first-order chi connectivity index (χ1) is 16.8. The summed E-state index contributed by atoms with van der Waals surface area (Å²) in [6.45, 7) is 4.36. The van der Waals surface area contributed by atoms with Crippen LogP contribution >= 0.6 is 0 Å². The summed E-state index contributed by atoms with van der Waals surface area (Å²) >= 11 is 0. The quantitative estimate of drug-likeness (QED) is 0.112. The molecule has 0 spiro atoms. The molecule has 0 aromatic rings. The molecule has 0 aliphatic carbocycles. The summed E-state index contributed by atoms with van der Waals surface area (Å²) in [5.74, 6) is -3.19. The smallest absolute Gasteiger partial charge is 0.548 e. The molecule has 9 nitrogen and oxygen atoms in total. The number of carbonyl (C=O) groups is 4. The van der Waals surface area contributed by atoms with Crippen molar-refractivity contribution in [2.24, 2.45) is 5.92 Å². The first-order valence-corrected chi connectivity index (χ1v) is 12.8. The minimum Gasteiger partial charge on any atom is -0.548 e. The molecule has 0 aliphatic rings. The Morgan fingerprint density at radius 3 is 1.64 bits per heavy atom. The molecule has 0 fully saturated rings. The van der Waals surface area contributed by atoms with Gasteiger partial charge in [0, 0.05) is 20.6 Å². The summed E-state index contributed by atoms with van der Waals surface area (Å²) in [7, 11) is 2.72. The van der Waals surface area contributed by atoms with E-state index in [1.54, 1.807) is 0 Å². The van der Waals surface area contributed by atoms with Crippen LogP contribution in [0.15, 0.2) is 0 Å². The van der Waals surface area contributed by atoms with Crippen LogP contribution < -0.4 is 34.7 Å². The van der Waals surface area contributed by atoms with Crippen molar-refractivity contribution in [1.29, 1.82) is 0 Å². The van der Waals surface area contributed by atoms with E-state index in [0.29, 0.717) is 13.0 Å². The Labute approximate surface area is 239 Å². The summed E-state index contributed by atoms with van der Waals surface area (Å²) in [5, 5.41) is 9.36. The number of rotatable bonds is 22. The third-order valence-electron chi connectivity index (χ3n) is 5.00. The van der Waals surface area contributed by atoms with E-state index in [-0.39, 0.29) is 68.0 Å². The number of carbonyl (C=O) groups excluding carboxylic acids is 4. The van der Waals surface area contributed by atoms with Gasteiger partial charge in [-0.25, -0.2) is 0 Å². The first kappa shape index (κ1) is 39.5. The molecule has 0 aromatic heterocycles. The van der Waals surface area contributed by atoms with Crippen molar-refractivity contribution in [1.82, 2.24) is 0 Å². The van der Waals surface area contributed by atoms with Gasteiger partial charge in [-0.2, -0.15) is 0 Å². The van der Waals surface area contributed by atoms with Crippen LogP contribution in [0, 0.1) is 5.92 Å². The minimum absolute atomic E-state index is 0. The third-order valence-corrected chi connectivity index (χ3v) is 5.00. The van der Waals surface area contributed by atoms with E-state index < -0.39 is 23.8 Å². The fourth-order valence-corrected chi connectivity index (χ4v) is 3.21. The van der Waals surface area contributed by atoms with Crippen LogP contribution in [0.4, 0.5) is 0 Å². The van der Waals surface area contributed by atoms with Gasteiger partial charge in [0.25, 0.3) is 0 Å². The second-order valence-electron chi connectivity index (χ2n) is 8.45. The van der Waals surface area contributed by atoms with Gasteiger partial charge in [0.1, 0.15) is 6.61 Å². The first-order valence-electron chi connectivity index (χ1n) is 12.8. The maximum Gasteiger partial charge on any atom is 1.00 e. The second kappa shape index (κ2) is 30.2. The SMILES string of the molecule is CCCCCCCCCCCCOC(=O)CC(CC(=O)COC)C(=O)OCCC.COCC(=O)[O-].[Na+]. The van der Waals surface area contributed by atoms with Crippen LogP contribution in [0.5, 0.6) is 0 Å². The number of aliphatic carboxylic acids is 1. The van der Waals surface area contributed by atoms with E-state index in [1.807, 2.05) is 6.92 Å². The average Bonchev–Trinajstić information content (AvgIpc) is 2.81. The number of unbranched alkanes of at least 4 members (excludes halogenated alkanes) is 9. The molecule has 10 heteroatoms. The van der Waals surface area contributed by atoms with E-state index in [9.17, 15) is 24.3 Å². The predicted molar refractivity (Wildman–Crippen MR) is 131 cm³/mol. The van der Waals surface area contributed by atoms with Gasteiger partial charge in [-0.3, -0.25) is 14.4 Å². The van der Waals surface area contributed by atoms with Gasteiger partial charge in [-0.05, 0) is 12.8 Å². The number of esters is 2. The zero-order valence-electron chi connectivity index (χ0n) is 23.3. The molecule has 1 atom stereocenters. The van der Waals surface area contributed by atoms with Crippen LogP contribution in [-0.2, 0) is 38.1 Å². The van der Waals surface area contributed by atoms with Gasteiger partial charge in [-0.1, -0.05) is 71.6 Å². The van der Waals surface area contributed by atoms with Crippen molar-refractivity contribution in [2.75, 3.05) is 40.6 Å². The molecule has 206 valence electrons.